The Balaban J connectivity index is 2.42. The molecule has 2 N–H and O–H groups in total. The molecular weight excluding hydrogens is 274 g/mol. The van der Waals surface area contributed by atoms with Gasteiger partial charge in [-0.05, 0) is 47.6 Å². The number of halogens is 1. The van der Waals surface area contributed by atoms with Gasteiger partial charge in [-0.25, -0.2) is 4.39 Å². The molecule has 0 atom stereocenters. The van der Waals surface area contributed by atoms with Gasteiger partial charge in [0, 0.05) is 5.46 Å². The first-order valence-electron chi connectivity index (χ1n) is 7.02. The minimum atomic E-state index is -0.744. The number of hydrogen-bond donors (Lipinski definition) is 1. The second-order valence-electron chi connectivity index (χ2n) is 6.50. The first-order chi connectivity index (χ1) is 9.53. The molecule has 5 nitrogen and oxygen atoms in total. The van der Waals surface area contributed by atoms with Crippen molar-refractivity contribution in [2.75, 3.05) is 5.73 Å². The molecule has 1 aromatic heterocycles. The van der Waals surface area contributed by atoms with Gasteiger partial charge in [0.15, 0.2) is 11.6 Å². The monoisotopic (exact) mass is 296 g/mol. The lowest BCUT2D eigenvalue weighted by Gasteiger charge is -2.32. The van der Waals surface area contributed by atoms with E-state index in [1.165, 1.54) is 6.07 Å². The van der Waals surface area contributed by atoms with Crippen molar-refractivity contribution in [2.45, 2.75) is 58.8 Å². The van der Waals surface area contributed by atoms with E-state index in [0.717, 1.165) is 0 Å². The van der Waals surface area contributed by atoms with E-state index >= 15 is 0 Å². The normalized spacial score (nSPS) is 20.1. The highest BCUT2D eigenvalue weighted by atomic mass is 19.1. The molecule has 1 aliphatic rings. The summed E-state index contributed by atoms with van der Waals surface area (Å²) in [7, 11) is -0.744. The summed E-state index contributed by atoms with van der Waals surface area (Å²) < 4.78 is 31.2. The van der Waals surface area contributed by atoms with Gasteiger partial charge in [-0.3, -0.25) is 0 Å². The number of ether oxygens (including phenoxy) is 1. The zero-order chi connectivity index (χ0) is 16.0. The van der Waals surface area contributed by atoms with Crippen molar-refractivity contribution >= 4 is 18.4 Å². The van der Waals surface area contributed by atoms with Crippen molar-refractivity contribution in [1.82, 2.24) is 4.98 Å². The summed E-state index contributed by atoms with van der Waals surface area (Å²) >= 11 is 0. The number of hydrogen-bond acceptors (Lipinski definition) is 5. The lowest BCUT2D eigenvalue weighted by atomic mass is 9.79. The topological polar surface area (TPSA) is 66.6 Å². The van der Waals surface area contributed by atoms with Crippen LogP contribution in [0, 0.1) is 5.82 Å². The highest BCUT2D eigenvalue weighted by Gasteiger charge is 2.53. The van der Waals surface area contributed by atoms with E-state index in [4.69, 9.17) is 19.8 Å². The molecule has 0 amide bonds. The van der Waals surface area contributed by atoms with E-state index in [2.05, 4.69) is 4.98 Å². The van der Waals surface area contributed by atoms with E-state index in [0.29, 0.717) is 5.46 Å². The minimum Gasteiger partial charge on any atom is -0.475 e. The van der Waals surface area contributed by atoms with Gasteiger partial charge in [0.05, 0.1) is 17.3 Å². The average Bonchev–Trinajstić information content (AvgIpc) is 2.52. The fraction of sp³-hybridized carbons (Fsp3) is 0.643. The zero-order valence-electron chi connectivity index (χ0n) is 13.4. The van der Waals surface area contributed by atoms with Crippen LogP contribution in [0.4, 0.5) is 10.2 Å². The third kappa shape index (κ3) is 2.99. The SMILES string of the molecule is CC(C)Oc1nc(N)c(F)cc1B1OC(C)(C)C(C)(C)O1. The zero-order valence-corrected chi connectivity index (χ0v) is 13.4. The predicted molar refractivity (Wildman–Crippen MR) is 80.1 cm³/mol. The van der Waals surface area contributed by atoms with Gasteiger partial charge in [-0.2, -0.15) is 4.98 Å². The third-order valence-electron chi connectivity index (χ3n) is 3.85. The van der Waals surface area contributed by atoms with Crippen molar-refractivity contribution in [3.05, 3.63) is 11.9 Å². The van der Waals surface area contributed by atoms with Crippen LogP contribution in [0.25, 0.3) is 0 Å². The Labute approximate surface area is 125 Å². The molecular formula is C14H22BFN2O3. The summed E-state index contributed by atoms with van der Waals surface area (Å²) in [5.41, 5.74) is 4.89. The molecule has 1 fully saturated rings. The maximum atomic E-state index is 13.8. The molecule has 1 aliphatic heterocycles. The van der Waals surface area contributed by atoms with Crippen LogP contribution in [0.1, 0.15) is 41.5 Å². The predicted octanol–water partition coefficient (Wildman–Crippen LogP) is 1.89. The Morgan fingerprint density at radius 2 is 1.76 bits per heavy atom. The number of anilines is 1. The summed E-state index contributed by atoms with van der Waals surface area (Å²) in [5.74, 6) is -0.580. The molecule has 0 spiro atoms. The molecule has 1 aromatic rings. The Bertz CT molecular complexity index is 533. The molecule has 116 valence electrons. The van der Waals surface area contributed by atoms with Crippen LogP contribution < -0.4 is 15.9 Å². The van der Waals surface area contributed by atoms with Gasteiger partial charge in [-0.1, -0.05) is 0 Å². The molecule has 0 saturated carbocycles. The van der Waals surface area contributed by atoms with Crippen LogP contribution in [0.5, 0.6) is 5.88 Å². The number of nitrogens with two attached hydrogens (primary N) is 1. The number of aromatic nitrogens is 1. The maximum absolute atomic E-state index is 13.8. The van der Waals surface area contributed by atoms with Gasteiger partial charge in [0.1, 0.15) is 0 Å². The third-order valence-corrected chi connectivity index (χ3v) is 3.85. The molecule has 7 heteroatoms. The van der Waals surface area contributed by atoms with Crippen LogP contribution in [-0.2, 0) is 9.31 Å². The van der Waals surface area contributed by atoms with Crippen molar-refractivity contribution in [3.8, 4) is 5.88 Å². The molecule has 0 radical (unpaired) electrons. The highest BCUT2D eigenvalue weighted by Crippen LogP contribution is 2.37. The average molecular weight is 296 g/mol. The smallest absolute Gasteiger partial charge is 0.475 e. The summed E-state index contributed by atoms with van der Waals surface area (Å²) in [6.07, 6.45) is -0.122. The lowest BCUT2D eigenvalue weighted by Crippen LogP contribution is -2.41. The molecule has 0 bridgehead atoms. The van der Waals surface area contributed by atoms with Crippen LogP contribution >= 0.6 is 0 Å². The van der Waals surface area contributed by atoms with Crippen molar-refractivity contribution in [1.29, 1.82) is 0 Å². The first kappa shape index (κ1) is 16.0. The fourth-order valence-electron chi connectivity index (χ4n) is 1.96. The quantitative estimate of drug-likeness (QED) is 0.863. The van der Waals surface area contributed by atoms with Crippen molar-refractivity contribution in [3.63, 3.8) is 0 Å². The molecule has 21 heavy (non-hydrogen) atoms. The summed E-state index contributed by atoms with van der Waals surface area (Å²) in [6.45, 7) is 11.4. The van der Waals surface area contributed by atoms with Gasteiger partial charge in [-0.15, -0.1) is 0 Å². The van der Waals surface area contributed by atoms with E-state index < -0.39 is 24.1 Å². The van der Waals surface area contributed by atoms with E-state index in [1.54, 1.807) is 0 Å². The molecule has 2 heterocycles. The van der Waals surface area contributed by atoms with Crippen LogP contribution in [0.3, 0.4) is 0 Å². The second-order valence-corrected chi connectivity index (χ2v) is 6.50. The first-order valence-corrected chi connectivity index (χ1v) is 7.02. The number of nitrogen functional groups attached to an aromatic ring is 1. The summed E-state index contributed by atoms with van der Waals surface area (Å²) in [5, 5.41) is 0. The van der Waals surface area contributed by atoms with E-state index in [1.807, 2.05) is 41.5 Å². The number of nitrogens with zero attached hydrogens (tertiary/aromatic N) is 1. The van der Waals surface area contributed by atoms with Gasteiger partial charge in [0.25, 0.3) is 0 Å². The van der Waals surface area contributed by atoms with E-state index in [9.17, 15) is 4.39 Å². The number of rotatable bonds is 3. The molecule has 1 saturated heterocycles. The van der Waals surface area contributed by atoms with Crippen LogP contribution in [-0.4, -0.2) is 29.4 Å². The Kier molecular flexibility index (Phi) is 3.93. The molecule has 0 aromatic carbocycles. The van der Waals surface area contributed by atoms with Crippen molar-refractivity contribution < 1.29 is 18.4 Å². The van der Waals surface area contributed by atoms with Gasteiger partial charge < -0.3 is 19.8 Å². The van der Waals surface area contributed by atoms with Crippen molar-refractivity contribution in [2.24, 2.45) is 0 Å². The standard InChI is InChI=1S/C14H22BFN2O3/c1-8(2)19-12-9(7-10(16)11(17)18-12)15-20-13(3,4)14(5,6)21-15/h7-8H,1-6H3,(H2,17,18). The molecule has 0 aliphatic carbocycles. The highest BCUT2D eigenvalue weighted by molar-refractivity contribution is 6.63. The summed E-state index contributed by atoms with van der Waals surface area (Å²) in [6, 6.07) is 1.27. The Morgan fingerprint density at radius 3 is 2.24 bits per heavy atom. The summed E-state index contributed by atoms with van der Waals surface area (Å²) in [4.78, 5) is 3.97. The fourth-order valence-corrected chi connectivity index (χ4v) is 1.96. The largest absolute Gasteiger partial charge is 0.500 e. The van der Waals surface area contributed by atoms with Gasteiger partial charge >= 0.3 is 7.12 Å². The molecule has 0 unspecified atom stereocenters. The van der Waals surface area contributed by atoms with Crippen LogP contribution in [0.15, 0.2) is 6.07 Å². The Hall–Kier alpha value is -1.34. The maximum Gasteiger partial charge on any atom is 0.500 e. The lowest BCUT2D eigenvalue weighted by molar-refractivity contribution is 0.00578. The van der Waals surface area contributed by atoms with E-state index in [-0.39, 0.29) is 17.8 Å². The molecule has 2 rings (SSSR count). The Morgan fingerprint density at radius 1 is 1.24 bits per heavy atom. The minimum absolute atomic E-state index is 0.122. The van der Waals surface area contributed by atoms with Crippen LogP contribution in [0.2, 0.25) is 0 Å². The second kappa shape index (κ2) is 5.14. The van der Waals surface area contributed by atoms with Gasteiger partial charge in [0.2, 0.25) is 5.88 Å². The number of pyridine rings is 1.